The molecular weight excluding hydrogens is 342 g/mol. The van der Waals surface area contributed by atoms with E-state index in [2.05, 4.69) is 10.4 Å². The Morgan fingerprint density at radius 2 is 2.26 bits per heavy atom. The third-order valence-corrected chi connectivity index (χ3v) is 5.02. The predicted octanol–water partition coefficient (Wildman–Crippen LogP) is 2.77. The Bertz CT molecular complexity index is 966. The van der Waals surface area contributed by atoms with Crippen LogP contribution in [0.4, 0.5) is 0 Å². The van der Waals surface area contributed by atoms with Crippen LogP contribution >= 0.6 is 0 Å². The van der Waals surface area contributed by atoms with Gasteiger partial charge in [-0.05, 0) is 34.9 Å². The molecule has 0 unspecified atom stereocenters. The van der Waals surface area contributed by atoms with E-state index < -0.39 is 0 Å². The topological polar surface area (TPSA) is 65.4 Å². The zero-order chi connectivity index (χ0) is 18.8. The largest absolute Gasteiger partial charge is 0.497 e. The Kier molecular flexibility index (Phi) is 4.81. The van der Waals surface area contributed by atoms with Gasteiger partial charge in [-0.15, -0.1) is 0 Å². The van der Waals surface area contributed by atoms with E-state index in [0.717, 1.165) is 34.1 Å². The van der Waals surface area contributed by atoms with Gasteiger partial charge in [0.1, 0.15) is 11.9 Å². The van der Waals surface area contributed by atoms with E-state index in [1.807, 2.05) is 49.6 Å². The number of nitrogens with one attached hydrogen (secondary N) is 1. The second-order valence-corrected chi connectivity index (χ2v) is 6.88. The van der Waals surface area contributed by atoms with Crippen LogP contribution in [0.25, 0.3) is 10.8 Å². The number of aryl methyl sites for hydroxylation is 1. The molecule has 27 heavy (non-hydrogen) atoms. The highest BCUT2D eigenvalue weighted by molar-refractivity contribution is 5.91. The molecule has 2 aromatic carbocycles. The molecule has 2 atom stereocenters. The van der Waals surface area contributed by atoms with E-state index >= 15 is 0 Å². The van der Waals surface area contributed by atoms with Crippen LogP contribution in [0.3, 0.4) is 0 Å². The number of ether oxygens (including phenoxy) is 2. The number of benzene rings is 2. The minimum Gasteiger partial charge on any atom is -0.497 e. The second kappa shape index (κ2) is 7.40. The highest BCUT2D eigenvalue weighted by Crippen LogP contribution is 2.29. The van der Waals surface area contributed by atoms with E-state index in [-0.39, 0.29) is 18.1 Å². The van der Waals surface area contributed by atoms with Gasteiger partial charge in [-0.3, -0.25) is 9.48 Å². The van der Waals surface area contributed by atoms with Crippen molar-refractivity contribution in [1.29, 1.82) is 0 Å². The van der Waals surface area contributed by atoms with Gasteiger partial charge in [-0.1, -0.05) is 24.3 Å². The second-order valence-electron chi connectivity index (χ2n) is 6.88. The first-order valence-corrected chi connectivity index (χ1v) is 9.09. The summed E-state index contributed by atoms with van der Waals surface area (Å²) in [6.07, 6.45) is 4.71. The molecule has 2 heterocycles. The SMILES string of the molecule is COc1ccc2cccc(CC(=O)N[C@H]3CCO[C@@H]3c3cnn(C)c3)c2c1. The van der Waals surface area contributed by atoms with E-state index in [4.69, 9.17) is 9.47 Å². The molecule has 0 saturated carbocycles. The van der Waals surface area contributed by atoms with E-state index in [9.17, 15) is 4.79 Å². The fourth-order valence-electron chi connectivity index (χ4n) is 3.68. The molecule has 1 fully saturated rings. The molecule has 4 rings (SSSR count). The van der Waals surface area contributed by atoms with Gasteiger partial charge in [0.15, 0.2) is 0 Å². The van der Waals surface area contributed by atoms with Gasteiger partial charge >= 0.3 is 0 Å². The number of hydrogen-bond donors (Lipinski definition) is 1. The van der Waals surface area contributed by atoms with Crippen molar-refractivity contribution < 1.29 is 14.3 Å². The Morgan fingerprint density at radius 1 is 1.37 bits per heavy atom. The van der Waals surface area contributed by atoms with Crippen molar-refractivity contribution in [3.63, 3.8) is 0 Å². The lowest BCUT2D eigenvalue weighted by Gasteiger charge is -2.19. The molecule has 6 nitrogen and oxygen atoms in total. The van der Waals surface area contributed by atoms with Crippen LogP contribution in [0.1, 0.15) is 23.7 Å². The lowest BCUT2D eigenvalue weighted by atomic mass is 10.0. The summed E-state index contributed by atoms with van der Waals surface area (Å²) in [4.78, 5) is 12.7. The zero-order valence-corrected chi connectivity index (χ0v) is 15.5. The molecule has 6 heteroatoms. The lowest BCUT2D eigenvalue weighted by molar-refractivity contribution is -0.121. The van der Waals surface area contributed by atoms with Crippen molar-refractivity contribution in [3.8, 4) is 5.75 Å². The van der Waals surface area contributed by atoms with Crippen molar-refractivity contribution in [2.75, 3.05) is 13.7 Å². The molecule has 1 amide bonds. The van der Waals surface area contributed by atoms with E-state index in [1.54, 1.807) is 18.0 Å². The number of nitrogens with zero attached hydrogens (tertiary/aromatic N) is 2. The van der Waals surface area contributed by atoms with Crippen molar-refractivity contribution in [1.82, 2.24) is 15.1 Å². The molecule has 1 N–H and O–H groups in total. The molecule has 1 aliphatic heterocycles. The third kappa shape index (κ3) is 3.66. The van der Waals surface area contributed by atoms with Gasteiger partial charge in [0.05, 0.1) is 25.8 Å². The molecular formula is C21H23N3O3. The van der Waals surface area contributed by atoms with E-state index in [0.29, 0.717) is 13.0 Å². The number of fused-ring (bicyclic) bond motifs is 1. The highest BCUT2D eigenvalue weighted by atomic mass is 16.5. The molecule has 0 bridgehead atoms. The number of methoxy groups -OCH3 is 1. The maximum absolute atomic E-state index is 12.7. The molecule has 0 aliphatic carbocycles. The number of amides is 1. The van der Waals surface area contributed by atoms with Gasteiger partial charge < -0.3 is 14.8 Å². The summed E-state index contributed by atoms with van der Waals surface area (Å²) in [7, 11) is 3.52. The molecule has 3 aromatic rings. The van der Waals surface area contributed by atoms with Crippen LogP contribution in [0.5, 0.6) is 5.75 Å². The summed E-state index contributed by atoms with van der Waals surface area (Å²) in [5.74, 6) is 0.783. The first kappa shape index (κ1) is 17.5. The van der Waals surface area contributed by atoms with Gasteiger partial charge in [0, 0.05) is 25.4 Å². The molecule has 0 spiro atoms. The van der Waals surface area contributed by atoms with Crippen molar-refractivity contribution in [2.45, 2.75) is 25.0 Å². The lowest BCUT2D eigenvalue weighted by Crippen LogP contribution is -2.37. The minimum absolute atomic E-state index is 0.00490. The van der Waals surface area contributed by atoms with Gasteiger partial charge in [-0.2, -0.15) is 5.10 Å². The molecule has 140 valence electrons. The number of rotatable bonds is 5. The fourth-order valence-corrected chi connectivity index (χ4v) is 3.68. The van der Waals surface area contributed by atoms with Crippen LogP contribution in [0.2, 0.25) is 0 Å². The highest BCUT2D eigenvalue weighted by Gasteiger charge is 2.31. The molecule has 1 aromatic heterocycles. The van der Waals surface area contributed by atoms with E-state index in [1.165, 1.54) is 0 Å². The maximum Gasteiger partial charge on any atom is 0.224 e. The van der Waals surface area contributed by atoms with Crippen LogP contribution in [-0.4, -0.2) is 35.4 Å². The van der Waals surface area contributed by atoms with Crippen LogP contribution in [0.15, 0.2) is 48.8 Å². The summed E-state index contributed by atoms with van der Waals surface area (Å²) >= 11 is 0. The molecule has 1 aliphatic rings. The zero-order valence-electron chi connectivity index (χ0n) is 15.5. The Labute approximate surface area is 158 Å². The van der Waals surface area contributed by atoms with Crippen LogP contribution in [0, 0.1) is 0 Å². The monoisotopic (exact) mass is 365 g/mol. The average Bonchev–Trinajstić information content (AvgIpc) is 3.30. The standard InChI is InChI=1S/C21H23N3O3/c1-24-13-16(12-22-24)21-19(8-9-27-21)23-20(25)10-15-5-3-4-14-6-7-17(26-2)11-18(14)15/h3-7,11-13,19,21H,8-10H2,1-2H3,(H,23,25)/t19-,21+/m0/s1. The predicted molar refractivity (Wildman–Crippen MR) is 103 cm³/mol. The number of carbonyl (C=O) groups excluding carboxylic acids is 1. The van der Waals surface area contributed by atoms with Crippen LogP contribution < -0.4 is 10.1 Å². The van der Waals surface area contributed by atoms with Gasteiger partial charge in [0.25, 0.3) is 0 Å². The summed E-state index contributed by atoms with van der Waals surface area (Å²) in [5, 5.41) is 9.49. The molecule has 1 saturated heterocycles. The first-order chi connectivity index (χ1) is 13.1. The normalized spacial score (nSPS) is 19.3. The van der Waals surface area contributed by atoms with Crippen LogP contribution in [-0.2, 0) is 23.0 Å². The smallest absolute Gasteiger partial charge is 0.224 e. The van der Waals surface area contributed by atoms with Crippen molar-refractivity contribution >= 4 is 16.7 Å². The Hall–Kier alpha value is -2.86. The number of aromatic nitrogens is 2. The summed E-state index contributed by atoms with van der Waals surface area (Å²) in [6, 6.07) is 11.9. The third-order valence-electron chi connectivity index (χ3n) is 5.02. The summed E-state index contributed by atoms with van der Waals surface area (Å²) < 4.78 is 12.9. The number of carbonyl (C=O) groups is 1. The average molecular weight is 365 g/mol. The minimum atomic E-state index is -0.143. The number of hydrogen-bond acceptors (Lipinski definition) is 4. The summed E-state index contributed by atoms with van der Waals surface area (Å²) in [5.41, 5.74) is 1.98. The van der Waals surface area contributed by atoms with Gasteiger partial charge in [-0.25, -0.2) is 0 Å². The van der Waals surface area contributed by atoms with Gasteiger partial charge in [0.2, 0.25) is 5.91 Å². The van der Waals surface area contributed by atoms with Crippen molar-refractivity contribution in [2.24, 2.45) is 7.05 Å². The summed E-state index contributed by atoms with van der Waals surface area (Å²) in [6.45, 7) is 0.635. The van der Waals surface area contributed by atoms with Crippen molar-refractivity contribution in [3.05, 3.63) is 59.9 Å². The maximum atomic E-state index is 12.7. The first-order valence-electron chi connectivity index (χ1n) is 9.09. The Balaban J connectivity index is 1.50. The quantitative estimate of drug-likeness (QED) is 0.755. The Morgan fingerprint density at radius 3 is 3.04 bits per heavy atom. The fraction of sp³-hybridized carbons (Fsp3) is 0.333. The molecule has 0 radical (unpaired) electrons.